The van der Waals surface area contributed by atoms with Gasteiger partial charge in [-0.25, -0.2) is 4.79 Å². The minimum atomic E-state index is -0.109. The van der Waals surface area contributed by atoms with Crippen molar-refractivity contribution in [3.63, 3.8) is 0 Å². The zero-order valence-corrected chi connectivity index (χ0v) is 7.70. The molecule has 2 amide bonds. The van der Waals surface area contributed by atoms with Gasteiger partial charge < -0.3 is 21.1 Å². The molecule has 1 aliphatic rings. The smallest absolute Gasteiger partial charge is 0.317 e. The Kier molecular flexibility index (Phi) is 3.98. The van der Waals surface area contributed by atoms with Crippen molar-refractivity contribution < 1.29 is 9.90 Å². The number of amides is 2. The highest BCUT2D eigenvalue weighted by Gasteiger charge is 2.27. The SMILES string of the molecule is NCCNC(=O)N1CCCC1CO. The van der Waals surface area contributed by atoms with Gasteiger partial charge in [0.15, 0.2) is 0 Å². The highest BCUT2D eigenvalue weighted by Crippen LogP contribution is 2.15. The Morgan fingerprint density at radius 1 is 1.69 bits per heavy atom. The predicted molar refractivity (Wildman–Crippen MR) is 49.3 cm³/mol. The number of aliphatic hydroxyl groups is 1. The summed E-state index contributed by atoms with van der Waals surface area (Å²) in [6, 6.07) is -0.111. The molecule has 4 N–H and O–H groups in total. The van der Waals surface area contributed by atoms with Crippen LogP contribution >= 0.6 is 0 Å². The van der Waals surface area contributed by atoms with E-state index in [9.17, 15) is 4.79 Å². The fraction of sp³-hybridized carbons (Fsp3) is 0.875. The van der Waals surface area contributed by atoms with Crippen molar-refractivity contribution in [1.29, 1.82) is 0 Å². The van der Waals surface area contributed by atoms with E-state index in [2.05, 4.69) is 5.32 Å². The summed E-state index contributed by atoms with van der Waals surface area (Å²) in [5, 5.41) is 11.7. The third-order valence-electron chi connectivity index (χ3n) is 2.27. The Morgan fingerprint density at radius 2 is 2.46 bits per heavy atom. The maximum absolute atomic E-state index is 11.4. The molecule has 5 nitrogen and oxygen atoms in total. The maximum Gasteiger partial charge on any atom is 0.317 e. The van der Waals surface area contributed by atoms with E-state index in [1.54, 1.807) is 4.90 Å². The van der Waals surface area contributed by atoms with Gasteiger partial charge in [0, 0.05) is 19.6 Å². The molecule has 5 heteroatoms. The lowest BCUT2D eigenvalue weighted by Crippen LogP contribution is -2.45. The zero-order valence-electron chi connectivity index (χ0n) is 7.70. The fourth-order valence-electron chi connectivity index (χ4n) is 1.57. The second-order valence-electron chi connectivity index (χ2n) is 3.19. The number of urea groups is 1. The van der Waals surface area contributed by atoms with Crippen LogP contribution in [0.25, 0.3) is 0 Å². The molecule has 1 saturated heterocycles. The molecule has 0 saturated carbocycles. The Bertz CT molecular complexity index is 175. The molecular weight excluding hydrogens is 170 g/mol. The molecule has 0 bridgehead atoms. The standard InChI is InChI=1S/C8H17N3O2/c9-3-4-10-8(13)11-5-1-2-7(11)6-12/h7,12H,1-6,9H2,(H,10,13). The van der Waals surface area contributed by atoms with Crippen LogP contribution in [-0.4, -0.2) is 48.3 Å². The normalized spacial score (nSPS) is 22.0. The molecule has 76 valence electrons. The average molecular weight is 187 g/mol. The largest absolute Gasteiger partial charge is 0.394 e. The van der Waals surface area contributed by atoms with Crippen LogP contribution < -0.4 is 11.1 Å². The molecule has 0 radical (unpaired) electrons. The molecular formula is C8H17N3O2. The van der Waals surface area contributed by atoms with Crippen molar-refractivity contribution in [2.24, 2.45) is 5.73 Å². The van der Waals surface area contributed by atoms with E-state index >= 15 is 0 Å². The summed E-state index contributed by atoms with van der Waals surface area (Å²) in [6.45, 7) is 1.73. The van der Waals surface area contributed by atoms with Gasteiger partial charge >= 0.3 is 6.03 Å². The van der Waals surface area contributed by atoms with Crippen LogP contribution in [0.2, 0.25) is 0 Å². The average Bonchev–Trinajstić information content (AvgIpc) is 2.61. The van der Waals surface area contributed by atoms with E-state index in [1.165, 1.54) is 0 Å². The first-order valence-corrected chi connectivity index (χ1v) is 4.65. The number of likely N-dealkylation sites (tertiary alicyclic amines) is 1. The summed E-state index contributed by atoms with van der Waals surface area (Å²) in [7, 11) is 0. The Morgan fingerprint density at radius 3 is 3.08 bits per heavy atom. The fourth-order valence-corrected chi connectivity index (χ4v) is 1.57. The van der Waals surface area contributed by atoms with Crippen LogP contribution in [0.3, 0.4) is 0 Å². The van der Waals surface area contributed by atoms with E-state index in [0.717, 1.165) is 19.4 Å². The molecule has 0 aromatic rings. The van der Waals surface area contributed by atoms with Gasteiger partial charge in [-0.2, -0.15) is 0 Å². The topological polar surface area (TPSA) is 78.6 Å². The number of nitrogens with zero attached hydrogens (tertiary/aromatic N) is 1. The molecule has 1 heterocycles. The van der Waals surface area contributed by atoms with E-state index in [4.69, 9.17) is 10.8 Å². The minimum absolute atomic E-state index is 0.00206. The van der Waals surface area contributed by atoms with Crippen LogP contribution in [0, 0.1) is 0 Å². The predicted octanol–water partition coefficient (Wildman–Crippen LogP) is -0.889. The van der Waals surface area contributed by atoms with Gasteiger partial charge in [0.05, 0.1) is 12.6 Å². The van der Waals surface area contributed by atoms with Gasteiger partial charge in [0.1, 0.15) is 0 Å². The van der Waals surface area contributed by atoms with Crippen LogP contribution in [0.1, 0.15) is 12.8 Å². The third kappa shape index (κ3) is 2.57. The van der Waals surface area contributed by atoms with E-state index < -0.39 is 0 Å². The van der Waals surface area contributed by atoms with Crippen molar-refractivity contribution in [3.05, 3.63) is 0 Å². The van der Waals surface area contributed by atoms with E-state index in [-0.39, 0.29) is 18.7 Å². The molecule has 0 spiro atoms. The number of nitrogens with two attached hydrogens (primary N) is 1. The van der Waals surface area contributed by atoms with E-state index in [1.807, 2.05) is 0 Å². The van der Waals surface area contributed by atoms with Gasteiger partial charge in [-0.3, -0.25) is 0 Å². The maximum atomic E-state index is 11.4. The van der Waals surface area contributed by atoms with Crippen molar-refractivity contribution in [1.82, 2.24) is 10.2 Å². The summed E-state index contributed by atoms with van der Waals surface area (Å²) in [6.07, 6.45) is 1.87. The quantitative estimate of drug-likeness (QED) is 0.536. The van der Waals surface area contributed by atoms with Crippen molar-refractivity contribution in [3.8, 4) is 0 Å². The zero-order chi connectivity index (χ0) is 9.68. The third-order valence-corrected chi connectivity index (χ3v) is 2.27. The Labute approximate surface area is 77.9 Å². The van der Waals surface area contributed by atoms with Crippen LogP contribution in [0.15, 0.2) is 0 Å². The highest BCUT2D eigenvalue weighted by atomic mass is 16.3. The van der Waals surface area contributed by atoms with Gasteiger partial charge in [0.2, 0.25) is 0 Å². The second-order valence-corrected chi connectivity index (χ2v) is 3.19. The number of hydrogen-bond acceptors (Lipinski definition) is 3. The second kappa shape index (κ2) is 5.04. The molecule has 1 unspecified atom stereocenters. The van der Waals surface area contributed by atoms with Crippen molar-refractivity contribution >= 4 is 6.03 Å². The summed E-state index contributed by atoms with van der Waals surface area (Å²) in [5.41, 5.74) is 5.26. The molecule has 1 fully saturated rings. The van der Waals surface area contributed by atoms with Gasteiger partial charge in [-0.1, -0.05) is 0 Å². The number of aliphatic hydroxyl groups excluding tert-OH is 1. The lowest BCUT2D eigenvalue weighted by Gasteiger charge is -2.23. The summed E-state index contributed by atoms with van der Waals surface area (Å²) < 4.78 is 0. The Balaban J connectivity index is 2.36. The van der Waals surface area contributed by atoms with E-state index in [0.29, 0.717) is 13.1 Å². The molecule has 0 aromatic heterocycles. The molecule has 0 aromatic carbocycles. The van der Waals surface area contributed by atoms with Gasteiger partial charge in [-0.15, -0.1) is 0 Å². The van der Waals surface area contributed by atoms with Crippen molar-refractivity contribution in [2.45, 2.75) is 18.9 Å². The summed E-state index contributed by atoms with van der Waals surface area (Å²) in [5.74, 6) is 0. The lowest BCUT2D eigenvalue weighted by molar-refractivity contribution is 0.157. The van der Waals surface area contributed by atoms with Crippen LogP contribution in [0.5, 0.6) is 0 Å². The highest BCUT2D eigenvalue weighted by molar-refractivity contribution is 5.74. The lowest BCUT2D eigenvalue weighted by atomic mass is 10.2. The molecule has 1 atom stereocenters. The first kappa shape index (κ1) is 10.3. The monoisotopic (exact) mass is 187 g/mol. The number of hydrogen-bond donors (Lipinski definition) is 3. The van der Waals surface area contributed by atoms with Gasteiger partial charge in [0.25, 0.3) is 0 Å². The van der Waals surface area contributed by atoms with Gasteiger partial charge in [-0.05, 0) is 12.8 Å². The first-order chi connectivity index (χ1) is 6.29. The number of carbonyl (C=O) groups is 1. The minimum Gasteiger partial charge on any atom is -0.394 e. The summed E-state index contributed by atoms with van der Waals surface area (Å²) in [4.78, 5) is 13.1. The molecule has 0 aliphatic carbocycles. The van der Waals surface area contributed by atoms with Crippen molar-refractivity contribution in [2.75, 3.05) is 26.2 Å². The Hall–Kier alpha value is -0.810. The first-order valence-electron chi connectivity index (χ1n) is 4.65. The number of rotatable bonds is 3. The number of carbonyl (C=O) groups excluding carboxylic acids is 1. The molecule has 13 heavy (non-hydrogen) atoms. The molecule has 1 aliphatic heterocycles. The number of nitrogens with one attached hydrogen (secondary N) is 1. The molecule has 1 rings (SSSR count). The summed E-state index contributed by atoms with van der Waals surface area (Å²) >= 11 is 0. The van der Waals surface area contributed by atoms with Crippen LogP contribution in [0.4, 0.5) is 4.79 Å². The van der Waals surface area contributed by atoms with Crippen LogP contribution in [-0.2, 0) is 0 Å².